The van der Waals surface area contributed by atoms with Crippen LogP contribution in [0.25, 0.3) is 0 Å². The molecule has 0 aliphatic heterocycles. The lowest BCUT2D eigenvalue weighted by Crippen LogP contribution is -2.02. The third kappa shape index (κ3) is 4.81. The predicted molar refractivity (Wildman–Crippen MR) is 59.0 cm³/mol. The molecule has 0 heterocycles. The van der Waals surface area contributed by atoms with Gasteiger partial charge in [-0.05, 0) is 24.6 Å². The molecule has 0 saturated carbocycles. The summed E-state index contributed by atoms with van der Waals surface area (Å²) in [6, 6.07) is 7.45. The molecule has 0 aliphatic rings. The van der Waals surface area contributed by atoms with E-state index >= 15 is 0 Å². The fourth-order valence-electron chi connectivity index (χ4n) is 1.19. The molecule has 3 heteroatoms. The van der Waals surface area contributed by atoms with Crippen LogP contribution in [0.1, 0.15) is 18.9 Å². The van der Waals surface area contributed by atoms with Crippen molar-refractivity contribution in [3.8, 4) is 5.75 Å². The molecule has 1 rings (SSSR count). The maximum Gasteiger partial charge on any atom is 0.119 e. The van der Waals surface area contributed by atoms with Crippen molar-refractivity contribution >= 4 is 0 Å². The van der Waals surface area contributed by atoms with Gasteiger partial charge in [0.05, 0.1) is 13.2 Å². The standard InChI is InChI=1S/C12H18O3/c1-2-14-8-3-9-15-12-6-4-11(10-13)5-7-12/h4-7,13H,2-3,8-10H2,1H3. The Bertz CT molecular complexity index is 256. The summed E-state index contributed by atoms with van der Waals surface area (Å²) in [4.78, 5) is 0. The molecule has 0 fully saturated rings. The molecule has 84 valence electrons. The van der Waals surface area contributed by atoms with Gasteiger partial charge in [-0.1, -0.05) is 12.1 Å². The number of benzene rings is 1. The van der Waals surface area contributed by atoms with Crippen molar-refractivity contribution in [1.29, 1.82) is 0 Å². The molecule has 1 aromatic rings. The third-order valence-corrected chi connectivity index (χ3v) is 2.01. The highest BCUT2D eigenvalue weighted by atomic mass is 16.5. The molecule has 0 bridgehead atoms. The van der Waals surface area contributed by atoms with Crippen molar-refractivity contribution in [2.24, 2.45) is 0 Å². The number of hydrogen-bond donors (Lipinski definition) is 1. The van der Waals surface area contributed by atoms with Crippen molar-refractivity contribution in [3.05, 3.63) is 29.8 Å². The van der Waals surface area contributed by atoms with E-state index in [9.17, 15) is 0 Å². The first-order valence-corrected chi connectivity index (χ1v) is 5.27. The van der Waals surface area contributed by atoms with Crippen molar-refractivity contribution < 1.29 is 14.6 Å². The Morgan fingerprint density at radius 1 is 1.13 bits per heavy atom. The van der Waals surface area contributed by atoms with E-state index in [2.05, 4.69) is 0 Å². The lowest BCUT2D eigenvalue weighted by atomic mass is 10.2. The minimum absolute atomic E-state index is 0.0740. The van der Waals surface area contributed by atoms with Gasteiger partial charge in [-0.3, -0.25) is 0 Å². The van der Waals surface area contributed by atoms with Crippen LogP contribution in [0.3, 0.4) is 0 Å². The Hall–Kier alpha value is -1.06. The van der Waals surface area contributed by atoms with E-state index in [1.165, 1.54) is 0 Å². The highest BCUT2D eigenvalue weighted by Crippen LogP contribution is 2.12. The molecule has 15 heavy (non-hydrogen) atoms. The van der Waals surface area contributed by atoms with Gasteiger partial charge >= 0.3 is 0 Å². The molecule has 0 amide bonds. The first-order valence-electron chi connectivity index (χ1n) is 5.27. The zero-order chi connectivity index (χ0) is 10.9. The lowest BCUT2D eigenvalue weighted by Gasteiger charge is -2.06. The quantitative estimate of drug-likeness (QED) is 0.699. The highest BCUT2D eigenvalue weighted by molar-refractivity contribution is 5.26. The van der Waals surface area contributed by atoms with Crippen molar-refractivity contribution in [1.82, 2.24) is 0 Å². The molecule has 0 atom stereocenters. The van der Waals surface area contributed by atoms with E-state index in [1.54, 1.807) is 0 Å². The first kappa shape index (κ1) is 12.0. The Labute approximate surface area is 90.6 Å². The van der Waals surface area contributed by atoms with Gasteiger partial charge < -0.3 is 14.6 Å². The van der Waals surface area contributed by atoms with Crippen LogP contribution in [-0.2, 0) is 11.3 Å². The largest absolute Gasteiger partial charge is 0.494 e. The minimum Gasteiger partial charge on any atom is -0.494 e. The number of aliphatic hydroxyl groups is 1. The van der Waals surface area contributed by atoms with E-state index in [4.69, 9.17) is 14.6 Å². The van der Waals surface area contributed by atoms with E-state index in [1.807, 2.05) is 31.2 Å². The second kappa shape index (κ2) is 7.26. The van der Waals surface area contributed by atoms with Gasteiger partial charge in [-0.25, -0.2) is 0 Å². The fourth-order valence-corrected chi connectivity index (χ4v) is 1.19. The molecule has 0 spiro atoms. The predicted octanol–water partition coefficient (Wildman–Crippen LogP) is 1.98. The fraction of sp³-hybridized carbons (Fsp3) is 0.500. The topological polar surface area (TPSA) is 38.7 Å². The summed E-state index contributed by atoms with van der Waals surface area (Å²) in [5.74, 6) is 0.837. The summed E-state index contributed by atoms with van der Waals surface area (Å²) < 4.78 is 10.7. The minimum atomic E-state index is 0.0740. The van der Waals surface area contributed by atoms with Gasteiger partial charge in [-0.15, -0.1) is 0 Å². The van der Waals surface area contributed by atoms with Gasteiger partial charge in [-0.2, -0.15) is 0 Å². The molecule has 1 aromatic carbocycles. The van der Waals surface area contributed by atoms with Crippen LogP contribution in [0, 0.1) is 0 Å². The van der Waals surface area contributed by atoms with Crippen LogP contribution in [0.5, 0.6) is 5.75 Å². The molecule has 3 nitrogen and oxygen atoms in total. The van der Waals surface area contributed by atoms with Crippen molar-refractivity contribution in [3.63, 3.8) is 0 Å². The van der Waals surface area contributed by atoms with Crippen LogP contribution in [0.2, 0.25) is 0 Å². The zero-order valence-corrected chi connectivity index (χ0v) is 9.11. The van der Waals surface area contributed by atoms with Gasteiger partial charge in [0.1, 0.15) is 5.75 Å². The van der Waals surface area contributed by atoms with E-state index < -0.39 is 0 Å². The Kier molecular flexibility index (Phi) is 5.81. The molecular weight excluding hydrogens is 192 g/mol. The van der Waals surface area contributed by atoms with Gasteiger partial charge in [0.25, 0.3) is 0 Å². The van der Waals surface area contributed by atoms with Crippen LogP contribution >= 0.6 is 0 Å². The van der Waals surface area contributed by atoms with Gasteiger partial charge in [0, 0.05) is 19.6 Å². The average Bonchev–Trinajstić information content (AvgIpc) is 2.30. The molecule has 0 radical (unpaired) electrons. The number of aliphatic hydroxyl groups excluding tert-OH is 1. The smallest absolute Gasteiger partial charge is 0.119 e. The summed E-state index contributed by atoms with van der Waals surface area (Å²) in [7, 11) is 0. The molecule has 1 N–H and O–H groups in total. The summed E-state index contributed by atoms with van der Waals surface area (Å²) in [6.07, 6.45) is 0.898. The second-order valence-corrected chi connectivity index (χ2v) is 3.20. The second-order valence-electron chi connectivity index (χ2n) is 3.20. The molecular formula is C12H18O3. The number of hydrogen-bond acceptors (Lipinski definition) is 3. The molecule has 0 unspecified atom stereocenters. The van der Waals surface area contributed by atoms with Crippen LogP contribution in [0.4, 0.5) is 0 Å². The summed E-state index contributed by atoms with van der Waals surface area (Å²) >= 11 is 0. The number of ether oxygens (including phenoxy) is 2. The van der Waals surface area contributed by atoms with E-state index in [0.717, 1.165) is 30.9 Å². The Morgan fingerprint density at radius 2 is 1.87 bits per heavy atom. The molecule has 0 aromatic heterocycles. The third-order valence-electron chi connectivity index (χ3n) is 2.01. The number of rotatable bonds is 7. The molecule has 0 aliphatic carbocycles. The Balaban J connectivity index is 2.20. The SMILES string of the molecule is CCOCCCOc1ccc(CO)cc1. The van der Waals surface area contributed by atoms with Crippen LogP contribution in [0.15, 0.2) is 24.3 Å². The summed E-state index contributed by atoms with van der Waals surface area (Å²) in [6.45, 7) is 4.22. The van der Waals surface area contributed by atoms with Crippen LogP contribution in [-0.4, -0.2) is 24.9 Å². The normalized spacial score (nSPS) is 10.3. The van der Waals surface area contributed by atoms with Crippen LogP contribution < -0.4 is 4.74 Å². The van der Waals surface area contributed by atoms with E-state index in [-0.39, 0.29) is 6.61 Å². The molecule has 0 saturated heterocycles. The van der Waals surface area contributed by atoms with Crippen molar-refractivity contribution in [2.75, 3.05) is 19.8 Å². The van der Waals surface area contributed by atoms with Gasteiger partial charge in [0.15, 0.2) is 0 Å². The van der Waals surface area contributed by atoms with E-state index in [0.29, 0.717) is 6.61 Å². The maximum atomic E-state index is 8.84. The zero-order valence-electron chi connectivity index (χ0n) is 9.11. The maximum absolute atomic E-state index is 8.84. The van der Waals surface area contributed by atoms with Gasteiger partial charge in [0.2, 0.25) is 0 Å². The first-order chi connectivity index (χ1) is 7.36. The summed E-state index contributed by atoms with van der Waals surface area (Å²) in [5.41, 5.74) is 0.900. The highest BCUT2D eigenvalue weighted by Gasteiger charge is 1.94. The summed E-state index contributed by atoms with van der Waals surface area (Å²) in [5, 5.41) is 8.84. The lowest BCUT2D eigenvalue weighted by molar-refractivity contribution is 0.131. The Morgan fingerprint density at radius 3 is 2.47 bits per heavy atom. The average molecular weight is 210 g/mol. The van der Waals surface area contributed by atoms with Crippen molar-refractivity contribution in [2.45, 2.75) is 20.0 Å². The monoisotopic (exact) mass is 210 g/mol.